The normalized spacial score (nSPS) is 19.5. The van der Waals surface area contributed by atoms with Gasteiger partial charge in [0.15, 0.2) is 0 Å². The Balaban J connectivity index is 1.28. The summed E-state index contributed by atoms with van der Waals surface area (Å²) in [6.45, 7) is 7.36. The molecule has 3 heterocycles. The second-order valence-electron chi connectivity index (χ2n) is 9.86. The molecule has 1 saturated heterocycles. The van der Waals surface area contributed by atoms with E-state index in [1.807, 2.05) is 26.1 Å². The predicted octanol–water partition coefficient (Wildman–Crippen LogP) is 4.26. The number of nitrogens with one attached hydrogen (secondary N) is 2. The van der Waals surface area contributed by atoms with E-state index in [-0.39, 0.29) is 5.91 Å². The van der Waals surface area contributed by atoms with Gasteiger partial charge in [-0.3, -0.25) is 19.7 Å². The fraction of sp³-hybridized carbons (Fsp3) is 0.414. The molecule has 0 bridgehead atoms. The molecule has 5 rings (SSSR count). The van der Waals surface area contributed by atoms with Crippen LogP contribution in [-0.2, 0) is 19.5 Å². The zero-order valence-electron chi connectivity index (χ0n) is 20.8. The first-order valence-corrected chi connectivity index (χ1v) is 12.8. The van der Waals surface area contributed by atoms with Crippen molar-refractivity contribution in [3.05, 3.63) is 94.1 Å². The Morgan fingerprint density at radius 3 is 2.66 bits per heavy atom. The lowest BCUT2D eigenvalue weighted by atomic mass is 9.89. The molecule has 0 spiro atoms. The van der Waals surface area contributed by atoms with Crippen molar-refractivity contribution in [3.63, 3.8) is 0 Å². The van der Waals surface area contributed by atoms with Crippen LogP contribution in [0, 0.1) is 13.8 Å². The van der Waals surface area contributed by atoms with Crippen molar-refractivity contribution < 1.29 is 4.79 Å². The van der Waals surface area contributed by atoms with Crippen LogP contribution in [0.1, 0.15) is 69.3 Å². The molecule has 1 aliphatic carbocycles. The van der Waals surface area contributed by atoms with Crippen molar-refractivity contribution >= 4 is 5.91 Å². The van der Waals surface area contributed by atoms with E-state index >= 15 is 0 Å². The summed E-state index contributed by atoms with van der Waals surface area (Å²) in [4.78, 5) is 24.5. The average molecular weight is 470 g/mol. The van der Waals surface area contributed by atoms with Crippen LogP contribution in [-0.4, -0.2) is 39.9 Å². The summed E-state index contributed by atoms with van der Waals surface area (Å²) in [6, 6.07) is 15.8. The van der Waals surface area contributed by atoms with Crippen LogP contribution in [0.2, 0.25) is 0 Å². The summed E-state index contributed by atoms with van der Waals surface area (Å²) >= 11 is 0. The molecule has 1 amide bonds. The number of aromatic nitrogens is 2. The molecular formula is C29H35N5O. The van der Waals surface area contributed by atoms with E-state index in [0.29, 0.717) is 24.2 Å². The van der Waals surface area contributed by atoms with Crippen molar-refractivity contribution in [2.24, 2.45) is 0 Å². The zero-order valence-corrected chi connectivity index (χ0v) is 20.8. The van der Waals surface area contributed by atoms with Crippen LogP contribution >= 0.6 is 0 Å². The minimum Gasteiger partial charge on any atom is -0.348 e. The lowest BCUT2D eigenvalue weighted by Gasteiger charge is -2.38. The van der Waals surface area contributed by atoms with Gasteiger partial charge in [-0.2, -0.15) is 0 Å². The highest BCUT2D eigenvalue weighted by Crippen LogP contribution is 2.36. The molecular weight excluding hydrogens is 434 g/mol. The number of aryl methyl sites for hydroxylation is 3. The Kier molecular flexibility index (Phi) is 7.21. The number of rotatable bonds is 7. The van der Waals surface area contributed by atoms with E-state index in [1.54, 1.807) is 6.20 Å². The third-order valence-corrected chi connectivity index (χ3v) is 7.49. The van der Waals surface area contributed by atoms with Crippen molar-refractivity contribution in [1.29, 1.82) is 0 Å². The van der Waals surface area contributed by atoms with Crippen molar-refractivity contribution in [1.82, 2.24) is 25.5 Å². The maximum atomic E-state index is 12.7. The van der Waals surface area contributed by atoms with Gasteiger partial charge in [0.1, 0.15) is 0 Å². The Morgan fingerprint density at radius 2 is 1.89 bits per heavy atom. The third-order valence-electron chi connectivity index (χ3n) is 7.49. The van der Waals surface area contributed by atoms with Gasteiger partial charge in [-0.1, -0.05) is 30.3 Å². The Labute approximate surface area is 208 Å². The second kappa shape index (κ2) is 10.7. The number of amides is 1. The molecule has 2 aliphatic rings. The molecule has 0 radical (unpaired) electrons. The molecule has 182 valence electrons. The summed E-state index contributed by atoms with van der Waals surface area (Å²) in [6.07, 6.45) is 8.38. The van der Waals surface area contributed by atoms with Crippen molar-refractivity contribution in [2.75, 3.05) is 13.1 Å². The first-order valence-electron chi connectivity index (χ1n) is 12.8. The Hall–Kier alpha value is -3.09. The fourth-order valence-corrected chi connectivity index (χ4v) is 5.61. The molecule has 2 atom stereocenters. The number of hydrogen-bond acceptors (Lipinski definition) is 5. The van der Waals surface area contributed by atoms with Crippen LogP contribution in [0.25, 0.3) is 0 Å². The highest BCUT2D eigenvalue weighted by Gasteiger charge is 2.33. The van der Waals surface area contributed by atoms with Gasteiger partial charge in [-0.05, 0) is 80.5 Å². The molecule has 0 saturated carbocycles. The maximum absolute atomic E-state index is 12.7. The van der Waals surface area contributed by atoms with Gasteiger partial charge in [-0.15, -0.1) is 0 Å². The number of carbonyl (C=O) groups excluding carboxylic acids is 1. The first kappa shape index (κ1) is 23.6. The van der Waals surface area contributed by atoms with E-state index in [1.165, 1.54) is 29.7 Å². The van der Waals surface area contributed by atoms with Crippen LogP contribution in [0.4, 0.5) is 0 Å². The Morgan fingerprint density at radius 1 is 1.06 bits per heavy atom. The Bertz CT molecular complexity index is 1150. The van der Waals surface area contributed by atoms with Crippen LogP contribution in [0.15, 0.2) is 54.9 Å². The maximum Gasteiger partial charge on any atom is 0.253 e. The first-order chi connectivity index (χ1) is 17.1. The molecule has 1 aromatic carbocycles. The quantitative estimate of drug-likeness (QED) is 0.541. The lowest BCUT2D eigenvalue weighted by molar-refractivity contribution is 0.0949. The van der Waals surface area contributed by atoms with Crippen molar-refractivity contribution in [2.45, 2.75) is 64.7 Å². The minimum atomic E-state index is -0.0689. The largest absolute Gasteiger partial charge is 0.348 e. The van der Waals surface area contributed by atoms with E-state index in [4.69, 9.17) is 4.98 Å². The fourth-order valence-electron chi connectivity index (χ4n) is 5.61. The molecule has 35 heavy (non-hydrogen) atoms. The zero-order chi connectivity index (χ0) is 24.2. The molecule has 1 aliphatic heterocycles. The highest BCUT2D eigenvalue weighted by atomic mass is 16.1. The van der Waals surface area contributed by atoms with E-state index in [9.17, 15) is 4.79 Å². The number of nitrogens with zero attached hydrogens (tertiary/aromatic N) is 3. The summed E-state index contributed by atoms with van der Waals surface area (Å²) in [5.74, 6) is -0.0689. The van der Waals surface area contributed by atoms with Crippen LogP contribution in [0.5, 0.6) is 0 Å². The molecule has 2 unspecified atom stereocenters. The number of pyridine rings is 2. The van der Waals surface area contributed by atoms with Gasteiger partial charge in [0, 0.05) is 38.1 Å². The molecule has 3 aromatic rings. The molecule has 6 heteroatoms. The average Bonchev–Trinajstić information content (AvgIpc) is 3.41. The van der Waals surface area contributed by atoms with Gasteiger partial charge in [0.2, 0.25) is 0 Å². The van der Waals surface area contributed by atoms with E-state index < -0.39 is 0 Å². The van der Waals surface area contributed by atoms with Crippen LogP contribution < -0.4 is 10.6 Å². The number of fused-ring (bicyclic) bond motifs is 1. The van der Waals surface area contributed by atoms with Gasteiger partial charge in [0.05, 0.1) is 23.0 Å². The second-order valence-corrected chi connectivity index (χ2v) is 9.86. The standard InChI is InChI=1S/C29H35N5O/c1-20-12-16-31-21(2)27(20)29(35)33-17-22-8-10-23(11-9-22)19-34(25-13-15-30-18-25)26-7-3-5-24-6-4-14-32-28(24)26/h4,6,8-12,14,16,25-26,30H,3,5,7,13,15,17-19H2,1-2H3,(H,33,35). The van der Waals surface area contributed by atoms with Crippen LogP contribution in [0.3, 0.4) is 0 Å². The number of carbonyl (C=O) groups is 1. The summed E-state index contributed by atoms with van der Waals surface area (Å²) < 4.78 is 0. The van der Waals surface area contributed by atoms with Crippen molar-refractivity contribution in [3.8, 4) is 0 Å². The van der Waals surface area contributed by atoms with Gasteiger partial charge >= 0.3 is 0 Å². The molecule has 6 nitrogen and oxygen atoms in total. The third kappa shape index (κ3) is 5.29. The topological polar surface area (TPSA) is 70.2 Å². The number of benzene rings is 1. The number of hydrogen-bond donors (Lipinski definition) is 2. The van der Waals surface area contributed by atoms with E-state index in [0.717, 1.165) is 49.3 Å². The van der Waals surface area contributed by atoms with E-state index in [2.05, 4.69) is 56.9 Å². The molecule has 2 aromatic heterocycles. The highest BCUT2D eigenvalue weighted by molar-refractivity contribution is 5.96. The predicted molar refractivity (Wildman–Crippen MR) is 138 cm³/mol. The van der Waals surface area contributed by atoms with Gasteiger partial charge in [0.25, 0.3) is 5.91 Å². The van der Waals surface area contributed by atoms with Gasteiger partial charge < -0.3 is 10.6 Å². The lowest BCUT2D eigenvalue weighted by Crippen LogP contribution is -2.41. The minimum absolute atomic E-state index is 0.0689. The SMILES string of the molecule is Cc1ccnc(C)c1C(=O)NCc1ccc(CN(C2CCNC2)C2CCCc3cccnc32)cc1. The van der Waals surface area contributed by atoms with Gasteiger partial charge in [-0.25, -0.2) is 0 Å². The summed E-state index contributed by atoms with van der Waals surface area (Å²) in [7, 11) is 0. The summed E-state index contributed by atoms with van der Waals surface area (Å²) in [5, 5.41) is 6.61. The smallest absolute Gasteiger partial charge is 0.253 e. The molecule has 1 fully saturated rings. The monoisotopic (exact) mass is 469 g/mol. The molecule has 2 N–H and O–H groups in total. The summed E-state index contributed by atoms with van der Waals surface area (Å²) in [5.41, 5.74) is 7.46.